The van der Waals surface area contributed by atoms with E-state index in [0.29, 0.717) is 31.1 Å². The molecule has 0 radical (unpaired) electrons. The van der Waals surface area contributed by atoms with Crippen molar-refractivity contribution in [2.45, 2.75) is 25.4 Å². The van der Waals surface area contributed by atoms with Crippen LogP contribution in [0.15, 0.2) is 42.7 Å². The Morgan fingerprint density at radius 3 is 2.52 bits per heavy atom. The van der Waals surface area contributed by atoms with Crippen LogP contribution in [-0.2, 0) is 11.3 Å². The van der Waals surface area contributed by atoms with E-state index < -0.39 is 0 Å². The maximum Gasteiger partial charge on any atom is 0.240 e. The van der Waals surface area contributed by atoms with Crippen LogP contribution in [-0.4, -0.2) is 64.4 Å². The summed E-state index contributed by atoms with van der Waals surface area (Å²) < 4.78 is 14.0. The number of aromatic nitrogens is 2. The number of amides is 1. The zero-order chi connectivity index (χ0) is 18.6. The Hall–Kier alpha value is -2.54. The quantitative estimate of drug-likeness (QED) is 0.824. The van der Waals surface area contributed by atoms with E-state index in [1.54, 1.807) is 30.6 Å². The molecule has 1 aromatic heterocycles. The fourth-order valence-electron chi connectivity index (χ4n) is 3.93. The smallest absolute Gasteiger partial charge is 0.240 e. The van der Waals surface area contributed by atoms with Crippen molar-refractivity contribution in [3.8, 4) is 0 Å². The van der Waals surface area contributed by atoms with Crippen LogP contribution in [0.5, 0.6) is 0 Å². The molecule has 0 spiro atoms. The lowest BCUT2D eigenvalue weighted by molar-refractivity contribution is -0.136. The van der Waals surface area contributed by atoms with Gasteiger partial charge in [0.05, 0.1) is 6.04 Å². The minimum absolute atomic E-state index is 0.149. The van der Waals surface area contributed by atoms with Crippen LogP contribution in [0.4, 0.5) is 10.3 Å². The minimum atomic E-state index is -0.202. The van der Waals surface area contributed by atoms with Gasteiger partial charge >= 0.3 is 0 Å². The summed E-state index contributed by atoms with van der Waals surface area (Å²) >= 11 is 0. The van der Waals surface area contributed by atoms with E-state index in [0.717, 1.165) is 32.5 Å². The molecule has 3 heterocycles. The average molecular weight is 369 g/mol. The van der Waals surface area contributed by atoms with Gasteiger partial charge in [-0.25, -0.2) is 14.4 Å². The number of benzene rings is 1. The third kappa shape index (κ3) is 3.93. The highest BCUT2D eigenvalue weighted by Crippen LogP contribution is 2.23. The molecule has 142 valence electrons. The number of rotatable bonds is 4. The van der Waals surface area contributed by atoms with Gasteiger partial charge < -0.3 is 9.80 Å². The van der Waals surface area contributed by atoms with E-state index in [-0.39, 0.29) is 17.8 Å². The van der Waals surface area contributed by atoms with Gasteiger partial charge in [0.2, 0.25) is 11.9 Å². The van der Waals surface area contributed by atoms with Gasteiger partial charge in [-0.05, 0) is 31.5 Å². The number of carbonyl (C=O) groups excluding carboxylic acids is 1. The molecule has 1 aromatic carbocycles. The molecule has 2 fully saturated rings. The monoisotopic (exact) mass is 369 g/mol. The molecular weight excluding hydrogens is 345 g/mol. The molecule has 7 heteroatoms. The van der Waals surface area contributed by atoms with Gasteiger partial charge in [0.1, 0.15) is 5.82 Å². The van der Waals surface area contributed by atoms with Gasteiger partial charge in [0, 0.05) is 50.7 Å². The predicted octanol–water partition coefficient (Wildman–Crippen LogP) is 1.93. The minimum Gasteiger partial charge on any atom is -0.338 e. The highest BCUT2D eigenvalue weighted by atomic mass is 19.1. The standard InChI is InChI=1S/C20H24FN5O/c21-17-6-2-1-5-16(17)15-26-10-3-7-18(26)19(27)24-11-13-25(14-12-24)20-22-8-4-9-23-20/h1-2,4-6,8-9,18H,3,7,10-15H2. The molecule has 0 N–H and O–H groups in total. The maximum atomic E-state index is 14.0. The highest BCUT2D eigenvalue weighted by Gasteiger charge is 2.35. The fraction of sp³-hybridized carbons (Fsp3) is 0.450. The lowest BCUT2D eigenvalue weighted by Crippen LogP contribution is -2.54. The van der Waals surface area contributed by atoms with Crippen molar-refractivity contribution in [3.63, 3.8) is 0 Å². The molecule has 1 atom stereocenters. The summed E-state index contributed by atoms with van der Waals surface area (Å²) in [4.78, 5) is 27.8. The Morgan fingerprint density at radius 2 is 1.78 bits per heavy atom. The Morgan fingerprint density at radius 1 is 1.04 bits per heavy atom. The maximum absolute atomic E-state index is 14.0. The summed E-state index contributed by atoms with van der Waals surface area (Å²) in [6.45, 7) is 4.12. The number of nitrogens with zero attached hydrogens (tertiary/aromatic N) is 5. The van der Waals surface area contributed by atoms with Crippen molar-refractivity contribution in [2.24, 2.45) is 0 Å². The summed E-state index contributed by atoms with van der Waals surface area (Å²) in [6, 6.07) is 8.47. The molecule has 4 rings (SSSR count). The van der Waals surface area contributed by atoms with Crippen LogP contribution in [0.25, 0.3) is 0 Å². The lowest BCUT2D eigenvalue weighted by atomic mass is 10.1. The summed E-state index contributed by atoms with van der Waals surface area (Å²) in [5.74, 6) is 0.677. The second kappa shape index (κ2) is 8.00. The molecule has 27 heavy (non-hydrogen) atoms. The number of likely N-dealkylation sites (tertiary alicyclic amines) is 1. The van der Waals surface area contributed by atoms with Crippen molar-refractivity contribution < 1.29 is 9.18 Å². The summed E-state index contributed by atoms with van der Waals surface area (Å²) in [6.07, 6.45) is 5.29. The van der Waals surface area contributed by atoms with Crippen molar-refractivity contribution in [1.82, 2.24) is 19.8 Å². The van der Waals surface area contributed by atoms with E-state index in [4.69, 9.17) is 0 Å². The van der Waals surface area contributed by atoms with Crippen LogP contribution in [0, 0.1) is 5.82 Å². The SMILES string of the molecule is O=C(C1CCCN1Cc1ccccc1F)N1CCN(c2ncccn2)CC1. The van der Waals surface area contributed by atoms with Crippen LogP contribution >= 0.6 is 0 Å². The summed E-state index contributed by atoms with van der Waals surface area (Å²) in [7, 11) is 0. The third-order valence-corrected chi connectivity index (χ3v) is 5.41. The molecule has 1 amide bonds. The Balaban J connectivity index is 1.37. The van der Waals surface area contributed by atoms with E-state index in [2.05, 4.69) is 19.8 Å². The first-order valence-electron chi connectivity index (χ1n) is 9.50. The number of hydrogen-bond donors (Lipinski definition) is 0. The van der Waals surface area contributed by atoms with Crippen LogP contribution in [0.3, 0.4) is 0 Å². The van der Waals surface area contributed by atoms with Crippen LogP contribution < -0.4 is 4.90 Å². The molecule has 2 aliphatic heterocycles. The van der Waals surface area contributed by atoms with Crippen LogP contribution in [0.2, 0.25) is 0 Å². The van der Waals surface area contributed by atoms with E-state index in [1.165, 1.54) is 6.07 Å². The Kier molecular flexibility index (Phi) is 5.29. The van der Waals surface area contributed by atoms with Gasteiger partial charge in [-0.3, -0.25) is 9.69 Å². The van der Waals surface area contributed by atoms with E-state index in [9.17, 15) is 9.18 Å². The number of hydrogen-bond acceptors (Lipinski definition) is 5. The molecule has 1 unspecified atom stereocenters. The largest absolute Gasteiger partial charge is 0.338 e. The van der Waals surface area contributed by atoms with Crippen molar-refractivity contribution in [1.29, 1.82) is 0 Å². The molecule has 0 aliphatic carbocycles. The molecule has 2 aliphatic rings. The molecule has 2 saturated heterocycles. The zero-order valence-electron chi connectivity index (χ0n) is 15.3. The first-order chi connectivity index (χ1) is 13.2. The van der Waals surface area contributed by atoms with Gasteiger partial charge in [-0.2, -0.15) is 0 Å². The average Bonchev–Trinajstić information content (AvgIpc) is 3.18. The molecule has 2 aromatic rings. The second-order valence-electron chi connectivity index (χ2n) is 7.08. The van der Waals surface area contributed by atoms with Gasteiger partial charge in [0.15, 0.2) is 0 Å². The van der Waals surface area contributed by atoms with Crippen molar-refractivity contribution >= 4 is 11.9 Å². The van der Waals surface area contributed by atoms with Gasteiger partial charge in [-0.1, -0.05) is 18.2 Å². The molecule has 6 nitrogen and oxygen atoms in total. The third-order valence-electron chi connectivity index (χ3n) is 5.41. The van der Waals surface area contributed by atoms with Gasteiger partial charge in [-0.15, -0.1) is 0 Å². The Labute approximate surface area is 158 Å². The molecular formula is C20H24FN5O. The molecule has 0 bridgehead atoms. The van der Waals surface area contributed by atoms with Crippen molar-refractivity contribution in [3.05, 3.63) is 54.1 Å². The van der Waals surface area contributed by atoms with E-state index >= 15 is 0 Å². The van der Waals surface area contributed by atoms with E-state index in [1.807, 2.05) is 11.0 Å². The van der Waals surface area contributed by atoms with Gasteiger partial charge in [0.25, 0.3) is 0 Å². The first kappa shape index (κ1) is 17.9. The Bertz CT molecular complexity index is 779. The number of carbonyl (C=O) groups is 1. The highest BCUT2D eigenvalue weighted by molar-refractivity contribution is 5.82. The zero-order valence-corrected chi connectivity index (χ0v) is 15.3. The number of anilines is 1. The molecule has 0 saturated carbocycles. The fourth-order valence-corrected chi connectivity index (χ4v) is 3.93. The second-order valence-corrected chi connectivity index (χ2v) is 7.08. The van der Waals surface area contributed by atoms with Crippen molar-refractivity contribution in [2.75, 3.05) is 37.6 Å². The van der Waals surface area contributed by atoms with Crippen LogP contribution in [0.1, 0.15) is 18.4 Å². The number of piperazine rings is 1. The topological polar surface area (TPSA) is 52.6 Å². The first-order valence-corrected chi connectivity index (χ1v) is 9.50. The summed E-state index contributed by atoms with van der Waals surface area (Å²) in [5, 5.41) is 0. The lowest BCUT2D eigenvalue weighted by Gasteiger charge is -2.37. The number of halogens is 1. The summed E-state index contributed by atoms with van der Waals surface area (Å²) in [5.41, 5.74) is 0.656. The normalized spacial score (nSPS) is 20.9. The predicted molar refractivity (Wildman–Crippen MR) is 101 cm³/mol.